The van der Waals surface area contributed by atoms with Crippen molar-refractivity contribution in [3.05, 3.63) is 28.7 Å². The number of hydrogen-bond donors (Lipinski definition) is 2. The third-order valence-corrected chi connectivity index (χ3v) is 4.34. The Balaban J connectivity index is 2.31. The molecule has 0 aliphatic rings. The molecule has 5 nitrogen and oxygen atoms in total. The second kappa shape index (κ2) is 8.94. The average molecular weight is 375 g/mol. The number of halogens is 1. The molecular formula is C14H19BrN2O3S. The van der Waals surface area contributed by atoms with Crippen LogP contribution in [0, 0.1) is 0 Å². The standard InChI is InChI=1S/C14H19BrN2O3S/c1-10(21-12-5-3-11(15)4-6-12)9-16-14(20)17(2)8-7-13(18)19/h3-6,10H,7-9H2,1-2H3,(H,16,20)(H,18,19). The normalized spacial score (nSPS) is 11.8. The number of amides is 2. The zero-order valence-corrected chi connectivity index (χ0v) is 14.4. The Labute approximate surface area is 137 Å². The number of hydrogen-bond acceptors (Lipinski definition) is 3. The second-order valence-electron chi connectivity index (χ2n) is 4.63. The van der Waals surface area contributed by atoms with Gasteiger partial charge in [0.05, 0.1) is 6.42 Å². The van der Waals surface area contributed by atoms with E-state index in [1.807, 2.05) is 31.2 Å². The molecule has 0 bridgehead atoms. The molecular weight excluding hydrogens is 356 g/mol. The van der Waals surface area contributed by atoms with E-state index in [1.54, 1.807) is 18.8 Å². The number of thioether (sulfide) groups is 1. The molecule has 1 unspecified atom stereocenters. The largest absolute Gasteiger partial charge is 0.481 e. The molecule has 116 valence electrons. The van der Waals surface area contributed by atoms with Crippen LogP contribution in [0.3, 0.4) is 0 Å². The van der Waals surface area contributed by atoms with Gasteiger partial charge < -0.3 is 15.3 Å². The smallest absolute Gasteiger partial charge is 0.317 e. The number of rotatable bonds is 7. The molecule has 2 N–H and O–H groups in total. The first-order valence-electron chi connectivity index (χ1n) is 6.51. The fourth-order valence-corrected chi connectivity index (χ4v) is 2.71. The third kappa shape index (κ3) is 7.38. The summed E-state index contributed by atoms with van der Waals surface area (Å²) in [6.45, 7) is 2.76. The molecule has 2 amide bonds. The molecule has 7 heteroatoms. The van der Waals surface area contributed by atoms with E-state index in [-0.39, 0.29) is 24.2 Å². The van der Waals surface area contributed by atoms with E-state index < -0.39 is 5.97 Å². The van der Waals surface area contributed by atoms with Gasteiger partial charge in [-0.2, -0.15) is 0 Å². The first-order valence-corrected chi connectivity index (χ1v) is 8.18. The van der Waals surface area contributed by atoms with Crippen LogP contribution in [0.15, 0.2) is 33.6 Å². The van der Waals surface area contributed by atoms with Crippen LogP contribution in [-0.2, 0) is 4.79 Å². The molecule has 0 aliphatic carbocycles. The van der Waals surface area contributed by atoms with Crippen molar-refractivity contribution in [2.45, 2.75) is 23.5 Å². The van der Waals surface area contributed by atoms with Crippen molar-refractivity contribution < 1.29 is 14.7 Å². The number of carboxylic acid groups (broad SMARTS) is 1. The number of nitrogens with one attached hydrogen (secondary N) is 1. The van der Waals surface area contributed by atoms with E-state index in [0.29, 0.717) is 6.54 Å². The van der Waals surface area contributed by atoms with Crippen molar-refractivity contribution in [1.29, 1.82) is 0 Å². The topological polar surface area (TPSA) is 69.6 Å². The van der Waals surface area contributed by atoms with Crippen LogP contribution < -0.4 is 5.32 Å². The maximum absolute atomic E-state index is 11.8. The lowest BCUT2D eigenvalue weighted by Gasteiger charge is -2.19. The van der Waals surface area contributed by atoms with E-state index >= 15 is 0 Å². The van der Waals surface area contributed by atoms with Crippen molar-refractivity contribution in [2.24, 2.45) is 0 Å². The van der Waals surface area contributed by atoms with Gasteiger partial charge >= 0.3 is 12.0 Å². The van der Waals surface area contributed by atoms with Gasteiger partial charge in [-0.1, -0.05) is 22.9 Å². The van der Waals surface area contributed by atoms with Crippen LogP contribution >= 0.6 is 27.7 Å². The van der Waals surface area contributed by atoms with E-state index in [2.05, 4.69) is 21.2 Å². The Morgan fingerprint density at radius 3 is 2.57 bits per heavy atom. The summed E-state index contributed by atoms with van der Waals surface area (Å²) in [4.78, 5) is 24.7. The van der Waals surface area contributed by atoms with Crippen LogP contribution in [-0.4, -0.2) is 47.4 Å². The molecule has 1 aromatic carbocycles. The third-order valence-electron chi connectivity index (χ3n) is 2.70. The van der Waals surface area contributed by atoms with Gasteiger partial charge in [0, 0.05) is 34.8 Å². The minimum Gasteiger partial charge on any atom is -0.481 e. The van der Waals surface area contributed by atoms with Crippen molar-refractivity contribution >= 4 is 39.7 Å². The van der Waals surface area contributed by atoms with Gasteiger partial charge in [-0.05, 0) is 24.3 Å². The van der Waals surface area contributed by atoms with E-state index in [1.165, 1.54) is 4.90 Å². The predicted molar refractivity (Wildman–Crippen MR) is 87.7 cm³/mol. The number of carbonyl (C=O) groups is 2. The molecule has 0 saturated heterocycles. The van der Waals surface area contributed by atoms with Crippen molar-refractivity contribution in [3.8, 4) is 0 Å². The Morgan fingerprint density at radius 2 is 2.00 bits per heavy atom. The summed E-state index contributed by atoms with van der Waals surface area (Å²) in [7, 11) is 1.59. The summed E-state index contributed by atoms with van der Waals surface area (Å²) in [6, 6.07) is 7.75. The second-order valence-corrected chi connectivity index (χ2v) is 7.06. The van der Waals surface area contributed by atoms with E-state index in [4.69, 9.17) is 5.11 Å². The Morgan fingerprint density at radius 1 is 1.38 bits per heavy atom. The minimum atomic E-state index is -0.909. The fraction of sp³-hybridized carbons (Fsp3) is 0.429. The Kier molecular flexibility index (Phi) is 7.60. The number of benzene rings is 1. The summed E-state index contributed by atoms with van der Waals surface area (Å²) < 4.78 is 1.04. The summed E-state index contributed by atoms with van der Waals surface area (Å²) in [6.07, 6.45) is -0.0485. The van der Waals surface area contributed by atoms with E-state index in [9.17, 15) is 9.59 Å². The fourth-order valence-electron chi connectivity index (χ4n) is 1.52. The van der Waals surface area contributed by atoms with Gasteiger partial charge in [0.25, 0.3) is 0 Å². The highest BCUT2D eigenvalue weighted by Gasteiger charge is 2.11. The van der Waals surface area contributed by atoms with Crippen LogP contribution in [0.2, 0.25) is 0 Å². The van der Waals surface area contributed by atoms with E-state index in [0.717, 1.165) is 9.37 Å². The van der Waals surface area contributed by atoms with Crippen LogP contribution in [0.5, 0.6) is 0 Å². The van der Waals surface area contributed by atoms with Gasteiger partial charge in [-0.25, -0.2) is 4.79 Å². The zero-order valence-electron chi connectivity index (χ0n) is 12.0. The van der Waals surface area contributed by atoms with Gasteiger partial charge in [0.15, 0.2) is 0 Å². The highest BCUT2D eigenvalue weighted by atomic mass is 79.9. The predicted octanol–water partition coefficient (Wildman–Crippen LogP) is 3.05. The molecule has 0 aromatic heterocycles. The van der Waals surface area contributed by atoms with Crippen molar-refractivity contribution in [2.75, 3.05) is 20.1 Å². The number of carbonyl (C=O) groups excluding carboxylic acids is 1. The van der Waals surface area contributed by atoms with Crippen molar-refractivity contribution in [1.82, 2.24) is 10.2 Å². The Hall–Kier alpha value is -1.21. The molecule has 21 heavy (non-hydrogen) atoms. The lowest BCUT2D eigenvalue weighted by molar-refractivity contribution is -0.137. The van der Waals surface area contributed by atoms with Crippen LogP contribution in [0.4, 0.5) is 4.79 Å². The highest BCUT2D eigenvalue weighted by Crippen LogP contribution is 2.24. The molecule has 1 atom stereocenters. The maximum Gasteiger partial charge on any atom is 0.317 e. The lowest BCUT2D eigenvalue weighted by Crippen LogP contribution is -2.40. The number of carboxylic acids is 1. The number of nitrogens with zero attached hydrogens (tertiary/aromatic N) is 1. The molecule has 0 fully saturated rings. The first-order chi connectivity index (χ1) is 9.88. The molecule has 0 aliphatic heterocycles. The van der Waals surface area contributed by atoms with Crippen molar-refractivity contribution in [3.63, 3.8) is 0 Å². The SMILES string of the molecule is CC(CNC(=O)N(C)CCC(=O)O)Sc1ccc(Br)cc1. The molecule has 0 saturated carbocycles. The van der Waals surface area contributed by atoms with Gasteiger partial charge in [0.1, 0.15) is 0 Å². The first kappa shape index (κ1) is 17.8. The average Bonchev–Trinajstić information content (AvgIpc) is 2.44. The zero-order chi connectivity index (χ0) is 15.8. The molecule has 1 aromatic rings. The van der Waals surface area contributed by atoms with Crippen LogP contribution in [0.25, 0.3) is 0 Å². The molecule has 0 spiro atoms. The van der Waals surface area contributed by atoms with Crippen LogP contribution in [0.1, 0.15) is 13.3 Å². The summed E-state index contributed by atoms with van der Waals surface area (Å²) >= 11 is 5.06. The molecule has 0 heterocycles. The number of urea groups is 1. The molecule has 1 rings (SSSR count). The maximum atomic E-state index is 11.8. The Bertz CT molecular complexity index is 482. The summed E-state index contributed by atoms with van der Waals surface area (Å²) in [5.74, 6) is -0.909. The van der Waals surface area contributed by atoms with Gasteiger partial charge in [0.2, 0.25) is 0 Å². The highest BCUT2D eigenvalue weighted by molar-refractivity contribution is 9.10. The lowest BCUT2D eigenvalue weighted by atomic mass is 10.4. The quantitative estimate of drug-likeness (QED) is 0.719. The molecule has 0 radical (unpaired) electrons. The summed E-state index contributed by atoms with van der Waals surface area (Å²) in [5, 5.41) is 11.6. The van der Waals surface area contributed by atoms with Gasteiger partial charge in [-0.3, -0.25) is 4.79 Å². The number of aliphatic carboxylic acids is 1. The summed E-state index contributed by atoms with van der Waals surface area (Å²) in [5.41, 5.74) is 0. The monoisotopic (exact) mass is 374 g/mol. The van der Waals surface area contributed by atoms with Gasteiger partial charge in [-0.15, -0.1) is 11.8 Å². The minimum absolute atomic E-state index is 0.0485.